The number of piperidine rings is 1. The van der Waals surface area contributed by atoms with Crippen molar-refractivity contribution in [1.82, 2.24) is 10.2 Å². The lowest BCUT2D eigenvalue weighted by molar-refractivity contribution is 0.0144. The normalized spacial score (nSPS) is 32.2. The van der Waals surface area contributed by atoms with Gasteiger partial charge in [0.25, 0.3) is 0 Å². The molecule has 3 fully saturated rings. The molecule has 1 saturated carbocycles. The summed E-state index contributed by atoms with van der Waals surface area (Å²) in [6.07, 6.45) is 11.8. The van der Waals surface area contributed by atoms with Gasteiger partial charge in [0, 0.05) is 31.1 Å². The summed E-state index contributed by atoms with van der Waals surface area (Å²) in [5.74, 6) is 0. The summed E-state index contributed by atoms with van der Waals surface area (Å²) in [4.78, 5) is 2.84. The Labute approximate surface area is 99.8 Å². The Bertz CT molecular complexity index is 227. The molecule has 2 aliphatic heterocycles. The van der Waals surface area contributed by atoms with Crippen molar-refractivity contribution in [3.63, 3.8) is 0 Å². The van der Waals surface area contributed by atoms with Gasteiger partial charge in [0.05, 0.1) is 0 Å². The van der Waals surface area contributed by atoms with E-state index in [0.717, 1.165) is 6.04 Å². The van der Waals surface area contributed by atoms with Crippen molar-refractivity contribution in [2.75, 3.05) is 26.2 Å². The quantitative estimate of drug-likeness (QED) is 0.685. The van der Waals surface area contributed by atoms with Crippen LogP contribution >= 0.6 is 0 Å². The SMILES string of the molecule is C1CCCC(N2CCCC3(CNC3)C2)CC1. The number of hydrogen-bond donors (Lipinski definition) is 1. The molecule has 0 aromatic carbocycles. The van der Waals surface area contributed by atoms with Gasteiger partial charge >= 0.3 is 0 Å². The van der Waals surface area contributed by atoms with Gasteiger partial charge in [-0.25, -0.2) is 0 Å². The first-order chi connectivity index (χ1) is 7.88. The van der Waals surface area contributed by atoms with Gasteiger partial charge in [-0.2, -0.15) is 0 Å². The molecule has 3 rings (SSSR count). The summed E-state index contributed by atoms with van der Waals surface area (Å²) >= 11 is 0. The Hall–Kier alpha value is -0.0800. The molecule has 0 atom stereocenters. The van der Waals surface area contributed by atoms with E-state index in [-0.39, 0.29) is 0 Å². The minimum absolute atomic E-state index is 0.685. The maximum atomic E-state index is 3.48. The third-order valence-corrected chi connectivity index (χ3v) is 5.03. The Morgan fingerprint density at radius 1 is 0.938 bits per heavy atom. The standard InChI is InChI=1S/C14H26N2/c1-2-4-7-13(6-3-1)16-9-5-8-14(12-16)10-15-11-14/h13,15H,1-12H2. The van der Waals surface area contributed by atoms with E-state index >= 15 is 0 Å². The Morgan fingerprint density at radius 3 is 2.31 bits per heavy atom. The monoisotopic (exact) mass is 222 g/mol. The van der Waals surface area contributed by atoms with Gasteiger partial charge in [0.1, 0.15) is 0 Å². The maximum absolute atomic E-state index is 3.48. The van der Waals surface area contributed by atoms with Crippen LogP contribution in [-0.4, -0.2) is 37.1 Å². The molecule has 2 heterocycles. The molecule has 16 heavy (non-hydrogen) atoms. The highest BCUT2D eigenvalue weighted by Gasteiger charge is 2.41. The summed E-state index contributed by atoms with van der Waals surface area (Å²) in [6, 6.07) is 0.931. The highest BCUT2D eigenvalue weighted by atomic mass is 15.2. The van der Waals surface area contributed by atoms with Crippen molar-refractivity contribution >= 4 is 0 Å². The highest BCUT2D eigenvalue weighted by Crippen LogP contribution is 2.36. The van der Waals surface area contributed by atoms with Crippen LogP contribution in [0.25, 0.3) is 0 Å². The molecule has 2 nitrogen and oxygen atoms in total. The Morgan fingerprint density at radius 2 is 1.69 bits per heavy atom. The zero-order valence-corrected chi connectivity index (χ0v) is 10.5. The number of rotatable bonds is 1. The van der Waals surface area contributed by atoms with Gasteiger partial charge in [-0.05, 0) is 32.2 Å². The molecule has 1 spiro atoms. The van der Waals surface area contributed by atoms with Gasteiger partial charge in [-0.1, -0.05) is 25.7 Å². The number of nitrogens with zero attached hydrogens (tertiary/aromatic N) is 1. The number of likely N-dealkylation sites (tertiary alicyclic amines) is 1. The molecule has 1 aliphatic carbocycles. The summed E-state index contributed by atoms with van der Waals surface area (Å²) in [7, 11) is 0. The van der Waals surface area contributed by atoms with Gasteiger partial charge in [0.2, 0.25) is 0 Å². The van der Waals surface area contributed by atoms with Crippen molar-refractivity contribution in [1.29, 1.82) is 0 Å². The smallest absolute Gasteiger partial charge is 0.00955 e. The second-order valence-electron chi connectivity index (χ2n) is 6.32. The molecule has 2 saturated heterocycles. The van der Waals surface area contributed by atoms with E-state index < -0.39 is 0 Å². The molecule has 92 valence electrons. The molecule has 0 bridgehead atoms. The molecule has 0 aromatic rings. The lowest BCUT2D eigenvalue weighted by atomic mass is 9.74. The predicted molar refractivity (Wildman–Crippen MR) is 67.6 cm³/mol. The summed E-state index contributed by atoms with van der Waals surface area (Å²) in [6.45, 7) is 5.35. The molecule has 0 amide bonds. The van der Waals surface area contributed by atoms with E-state index in [4.69, 9.17) is 0 Å². The van der Waals surface area contributed by atoms with Crippen LogP contribution in [0.4, 0.5) is 0 Å². The first kappa shape index (κ1) is 11.0. The topological polar surface area (TPSA) is 15.3 Å². The van der Waals surface area contributed by atoms with Crippen molar-refractivity contribution in [2.24, 2.45) is 5.41 Å². The Kier molecular flexibility index (Phi) is 3.21. The van der Waals surface area contributed by atoms with Crippen LogP contribution in [0.2, 0.25) is 0 Å². The van der Waals surface area contributed by atoms with Crippen LogP contribution in [0.5, 0.6) is 0 Å². The van der Waals surface area contributed by atoms with Crippen LogP contribution in [0.3, 0.4) is 0 Å². The fourth-order valence-corrected chi connectivity index (χ4v) is 3.95. The molecule has 0 aromatic heterocycles. The second kappa shape index (κ2) is 4.66. The van der Waals surface area contributed by atoms with Gasteiger partial charge in [-0.15, -0.1) is 0 Å². The minimum Gasteiger partial charge on any atom is -0.315 e. The average Bonchev–Trinajstić information content (AvgIpc) is 2.56. The van der Waals surface area contributed by atoms with Crippen molar-refractivity contribution in [3.05, 3.63) is 0 Å². The zero-order chi connectivity index (χ0) is 10.8. The first-order valence-electron chi connectivity index (χ1n) is 7.33. The van der Waals surface area contributed by atoms with E-state index in [1.165, 1.54) is 77.5 Å². The van der Waals surface area contributed by atoms with Crippen molar-refractivity contribution in [2.45, 2.75) is 57.4 Å². The average molecular weight is 222 g/mol. The summed E-state index contributed by atoms with van der Waals surface area (Å²) in [5.41, 5.74) is 0.685. The lowest BCUT2D eigenvalue weighted by Gasteiger charge is -2.51. The van der Waals surface area contributed by atoms with Gasteiger partial charge < -0.3 is 5.32 Å². The van der Waals surface area contributed by atoms with Crippen LogP contribution in [0, 0.1) is 5.41 Å². The first-order valence-corrected chi connectivity index (χ1v) is 7.33. The maximum Gasteiger partial charge on any atom is 0.00955 e. The van der Waals surface area contributed by atoms with Gasteiger partial charge in [0.15, 0.2) is 0 Å². The third-order valence-electron chi connectivity index (χ3n) is 5.03. The lowest BCUT2D eigenvalue weighted by Crippen LogP contribution is -2.62. The van der Waals surface area contributed by atoms with Crippen LogP contribution in [-0.2, 0) is 0 Å². The molecule has 2 heteroatoms. The van der Waals surface area contributed by atoms with Crippen LogP contribution in [0.1, 0.15) is 51.4 Å². The third kappa shape index (κ3) is 2.14. The summed E-state index contributed by atoms with van der Waals surface area (Å²) in [5, 5.41) is 3.48. The van der Waals surface area contributed by atoms with E-state index in [0.29, 0.717) is 5.41 Å². The molecular formula is C14H26N2. The van der Waals surface area contributed by atoms with E-state index in [9.17, 15) is 0 Å². The second-order valence-corrected chi connectivity index (χ2v) is 6.32. The molecule has 3 aliphatic rings. The fourth-order valence-electron chi connectivity index (χ4n) is 3.95. The van der Waals surface area contributed by atoms with E-state index in [2.05, 4.69) is 10.2 Å². The van der Waals surface area contributed by atoms with Crippen molar-refractivity contribution in [3.8, 4) is 0 Å². The predicted octanol–water partition coefficient (Wildman–Crippen LogP) is 2.39. The molecular weight excluding hydrogens is 196 g/mol. The minimum atomic E-state index is 0.685. The zero-order valence-electron chi connectivity index (χ0n) is 10.5. The Balaban J connectivity index is 1.60. The van der Waals surface area contributed by atoms with Crippen LogP contribution in [0.15, 0.2) is 0 Å². The fraction of sp³-hybridized carbons (Fsp3) is 1.00. The highest BCUT2D eigenvalue weighted by molar-refractivity contribution is 4.98. The van der Waals surface area contributed by atoms with Gasteiger partial charge in [-0.3, -0.25) is 4.90 Å². The summed E-state index contributed by atoms with van der Waals surface area (Å²) < 4.78 is 0. The molecule has 0 radical (unpaired) electrons. The van der Waals surface area contributed by atoms with Crippen molar-refractivity contribution < 1.29 is 0 Å². The largest absolute Gasteiger partial charge is 0.315 e. The molecule has 1 N–H and O–H groups in total. The van der Waals surface area contributed by atoms with Crippen LogP contribution < -0.4 is 5.32 Å². The van der Waals surface area contributed by atoms with E-state index in [1.54, 1.807) is 0 Å². The number of hydrogen-bond acceptors (Lipinski definition) is 2. The molecule has 0 unspecified atom stereocenters. The number of nitrogens with one attached hydrogen (secondary N) is 1. The van der Waals surface area contributed by atoms with E-state index in [1.807, 2.05) is 0 Å².